The Labute approximate surface area is 138 Å². The van der Waals surface area contributed by atoms with E-state index in [1.807, 2.05) is 6.92 Å². The SMILES string of the molecule is Cc1coc2ccc(NS(=O)(=O)c3ccc(CC(=O)O)cc3)cc12. The van der Waals surface area contributed by atoms with E-state index in [9.17, 15) is 13.2 Å². The molecule has 0 bridgehead atoms. The molecule has 24 heavy (non-hydrogen) atoms. The van der Waals surface area contributed by atoms with Crippen molar-refractivity contribution in [3.63, 3.8) is 0 Å². The van der Waals surface area contributed by atoms with Gasteiger partial charge in [-0.15, -0.1) is 0 Å². The van der Waals surface area contributed by atoms with Gasteiger partial charge in [-0.3, -0.25) is 9.52 Å². The van der Waals surface area contributed by atoms with Crippen molar-refractivity contribution >= 4 is 32.6 Å². The summed E-state index contributed by atoms with van der Waals surface area (Å²) in [6, 6.07) is 10.8. The number of carbonyl (C=O) groups is 1. The molecule has 3 aromatic rings. The second-order valence-electron chi connectivity index (χ2n) is 5.45. The summed E-state index contributed by atoms with van der Waals surface area (Å²) >= 11 is 0. The van der Waals surface area contributed by atoms with Crippen LogP contribution in [0.4, 0.5) is 5.69 Å². The molecule has 1 heterocycles. The maximum atomic E-state index is 12.4. The van der Waals surface area contributed by atoms with Gasteiger partial charge in [-0.05, 0) is 48.4 Å². The number of fused-ring (bicyclic) bond motifs is 1. The number of hydrogen-bond donors (Lipinski definition) is 2. The molecular weight excluding hydrogens is 330 g/mol. The summed E-state index contributed by atoms with van der Waals surface area (Å²) in [6.45, 7) is 1.88. The van der Waals surface area contributed by atoms with Gasteiger partial charge in [-0.1, -0.05) is 12.1 Å². The van der Waals surface area contributed by atoms with Crippen LogP contribution in [-0.4, -0.2) is 19.5 Å². The highest BCUT2D eigenvalue weighted by Gasteiger charge is 2.15. The quantitative estimate of drug-likeness (QED) is 0.740. The van der Waals surface area contributed by atoms with Gasteiger partial charge in [0.2, 0.25) is 0 Å². The third-order valence-electron chi connectivity index (χ3n) is 3.61. The fraction of sp³-hybridized carbons (Fsp3) is 0.118. The van der Waals surface area contributed by atoms with E-state index < -0.39 is 16.0 Å². The molecule has 0 aliphatic carbocycles. The fourth-order valence-corrected chi connectivity index (χ4v) is 3.44. The largest absolute Gasteiger partial charge is 0.481 e. The van der Waals surface area contributed by atoms with Gasteiger partial charge in [-0.2, -0.15) is 0 Å². The zero-order valence-corrected chi connectivity index (χ0v) is 13.6. The average molecular weight is 345 g/mol. The standard InChI is InChI=1S/C17H15NO5S/c1-11-10-23-16-7-4-13(9-15(11)16)18-24(21,22)14-5-2-12(3-6-14)8-17(19)20/h2-7,9-10,18H,8H2,1H3,(H,19,20). The van der Waals surface area contributed by atoms with E-state index in [-0.39, 0.29) is 11.3 Å². The molecule has 0 radical (unpaired) electrons. The predicted molar refractivity (Wildman–Crippen MR) is 89.5 cm³/mol. The van der Waals surface area contributed by atoms with Crippen molar-refractivity contribution in [1.82, 2.24) is 0 Å². The first-order valence-electron chi connectivity index (χ1n) is 7.16. The summed E-state index contributed by atoms with van der Waals surface area (Å²) in [5.41, 5.74) is 2.58. The lowest BCUT2D eigenvalue weighted by atomic mass is 10.2. The molecule has 0 fully saturated rings. The van der Waals surface area contributed by atoms with Crippen LogP contribution in [0.25, 0.3) is 11.0 Å². The van der Waals surface area contributed by atoms with Gasteiger partial charge in [0.1, 0.15) is 5.58 Å². The highest BCUT2D eigenvalue weighted by atomic mass is 32.2. The summed E-state index contributed by atoms with van der Waals surface area (Å²) in [5.74, 6) is -0.965. The number of sulfonamides is 1. The predicted octanol–water partition coefficient (Wildman–Crippen LogP) is 3.17. The molecule has 124 valence electrons. The average Bonchev–Trinajstić information content (AvgIpc) is 2.88. The number of rotatable bonds is 5. The molecule has 3 rings (SSSR count). The number of anilines is 1. The number of benzene rings is 2. The maximum Gasteiger partial charge on any atom is 0.307 e. The molecule has 0 spiro atoms. The third-order valence-corrected chi connectivity index (χ3v) is 5.01. The van der Waals surface area contributed by atoms with Crippen molar-refractivity contribution < 1.29 is 22.7 Å². The molecule has 0 unspecified atom stereocenters. The van der Waals surface area contributed by atoms with Crippen LogP contribution in [0.15, 0.2) is 58.0 Å². The Kier molecular flexibility index (Phi) is 4.02. The number of aliphatic carboxylic acids is 1. The van der Waals surface area contributed by atoms with E-state index >= 15 is 0 Å². The number of carboxylic acids is 1. The molecule has 0 saturated heterocycles. The van der Waals surface area contributed by atoms with Crippen molar-refractivity contribution in [2.75, 3.05) is 4.72 Å². The van der Waals surface area contributed by atoms with E-state index in [0.717, 1.165) is 10.9 Å². The second-order valence-corrected chi connectivity index (χ2v) is 7.13. The maximum absolute atomic E-state index is 12.4. The number of hydrogen-bond acceptors (Lipinski definition) is 4. The summed E-state index contributed by atoms with van der Waals surface area (Å²) < 4.78 is 32.7. The molecule has 0 amide bonds. The minimum atomic E-state index is -3.75. The molecule has 6 nitrogen and oxygen atoms in total. The molecule has 2 N–H and O–H groups in total. The van der Waals surface area contributed by atoms with E-state index in [2.05, 4.69) is 4.72 Å². The van der Waals surface area contributed by atoms with E-state index in [1.54, 1.807) is 24.5 Å². The van der Waals surface area contributed by atoms with Crippen LogP contribution < -0.4 is 4.72 Å². The van der Waals surface area contributed by atoms with Gasteiger partial charge in [0.25, 0.3) is 10.0 Å². The summed E-state index contributed by atoms with van der Waals surface area (Å²) in [6.07, 6.45) is 1.47. The van der Waals surface area contributed by atoms with Crippen LogP contribution >= 0.6 is 0 Å². The fourth-order valence-electron chi connectivity index (χ4n) is 2.39. The molecule has 0 aliphatic rings. The highest BCUT2D eigenvalue weighted by molar-refractivity contribution is 7.92. The number of carboxylic acid groups (broad SMARTS) is 1. The Hall–Kier alpha value is -2.80. The lowest BCUT2D eigenvalue weighted by Gasteiger charge is -2.09. The van der Waals surface area contributed by atoms with Crippen LogP contribution in [0, 0.1) is 6.92 Å². The number of nitrogens with one attached hydrogen (secondary N) is 1. The molecular formula is C17H15NO5S. The zero-order valence-electron chi connectivity index (χ0n) is 12.8. The van der Waals surface area contributed by atoms with Gasteiger partial charge in [0, 0.05) is 11.1 Å². The van der Waals surface area contributed by atoms with Crippen molar-refractivity contribution in [3.05, 3.63) is 59.9 Å². The lowest BCUT2D eigenvalue weighted by Crippen LogP contribution is -2.13. The van der Waals surface area contributed by atoms with Crippen LogP contribution in [0.1, 0.15) is 11.1 Å². The van der Waals surface area contributed by atoms with Gasteiger partial charge in [0.15, 0.2) is 0 Å². The number of furan rings is 1. The minimum absolute atomic E-state index is 0.0700. The van der Waals surface area contributed by atoms with Crippen LogP contribution in [0.5, 0.6) is 0 Å². The highest BCUT2D eigenvalue weighted by Crippen LogP contribution is 2.25. The van der Waals surface area contributed by atoms with Crippen molar-refractivity contribution in [2.24, 2.45) is 0 Å². The summed E-state index contributed by atoms with van der Waals surface area (Å²) in [7, 11) is -3.75. The van der Waals surface area contributed by atoms with Crippen molar-refractivity contribution in [2.45, 2.75) is 18.2 Å². The zero-order chi connectivity index (χ0) is 17.3. The Morgan fingerprint density at radius 2 is 1.88 bits per heavy atom. The van der Waals surface area contributed by atoms with Crippen LogP contribution in [-0.2, 0) is 21.2 Å². The topological polar surface area (TPSA) is 96.6 Å². The van der Waals surface area contributed by atoms with E-state index in [1.165, 1.54) is 24.3 Å². The normalized spacial score (nSPS) is 11.5. The van der Waals surface area contributed by atoms with Gasteiger partial charge in [-0.25, -0.2) is 8.42 Å². The van der Waals surface area contributed by atoms with Gasteiger partial charge in [0.05, 0.1) is 17.6 Å². The summed E-state index contributed by atoms with van der Waals surface area (Å²) in [4.78, 5) is 10.7. The second kappa shape index (κ2) is 6.01. The van der Waals surface area contributed by atoms with Crippen molar-refractivity contribution in [1.29, 1.82) is 0 Å². The third kappa shape index (κ3) is 3.26. The summed E-state index contributed by atoms with van der Waals surface area (Å²) in [5, 5.41) is 9.58. The van der Waals surface area contributed by atoms with Crippen LogP contribution in [0.2, 0.25) is 0 Å². The Balaban J connectivity index is 1.86. The Morgan fingerprint density at radius 3 is 2.54 bits per heavy atom. The van der Waals surface area contributed by atoms with Crippen molar-refractivity contribution in [3.8, 4) is 0 Å². The Morgan fingerprint density at radius 1 is 1.17 bits per heavy atom. The molecule has 0 saturated carbocycles. The van der Waals surface area contributed by atoms with Gasteiger partial charge >= 0.3 is 5.97 Å². The first kappa shape index (κ1) is 16.1. The Bertz CT molecular complexity index is 1000. The molecule has 2 aromatic carbocycles. The molecule has 1 aromatic heterocycles. The smallest absolute Gasteiger partial charge is 0.307 e. The molecule has 0 atom stereocenters. The molecule has 0 aliphatic heterocycles. The number of aryl methyl sites for hydroxylation is 1. The van der Waals surface area contributed by atoms with E-state index in [4.69, 9.17) is 9.52 Å². The molecule has 7 heteroatoms. The van der Waals surface area contributed by atoms with Crippen LogP contribution in [0.3, 0.4) is 0 Å². The lowest BCUT2D eigenvalue weighted by molar-refractivity contribution is -0.136. The monoisotopic (exact) mass is 345 g/mol. The first-order chi connectivity index (χ1) is 11.3. The van der Waals surface area contributed by atoms with E-state index in [0.29, 0.717) is 16.8 Å². The first-order valence-corrected chi connectivity index (χ1v) is 8.65. The minimum Gasteiger partial charge on any atom is -0.481 e. The van der Waals surface area contributed by atoms with Gasteiger partial charge < -0.3 is 9.52 Å².